The number of nitrogens with one attached hydrogen (secondary N) is 1. The smallest absolute Gasteiger partial charge is 0.236 e. The number of rotatable bonds is 8. The summed E-state index contributed by atoms with van der Waals surface area (Å²) in [4.78, 5) is 12.0. The summed E-state index contributed by atoms with van der Waals surface area (Å²) in [5.41, 5.74) is 7.94. The Morgan fingerprint density at radius 2 is 1.83 bits per heavy atom. The average molecular weight is 340 g/mol. The van der Waals surface area contributed by atoms with Crippen LogP contribution in [-0.4, -0.2) is 38.9 Å². The molecule has 1 atom stereocenters. The monoisotopic (exact) mass is 340 g/mol. The van der Waals surface area contributed by atoms with Gasteiger partial charge in [0.05, 0.1) is 11.8 Å². The molecule has 0 aliphatic rings. The van der Waals surface area contributed by atoms with Gasteiger partial charge in [-0.3, -0.25) is 4.79 Å². The van der Waals surface area contributed by atoms with E-state index in [4.69, 9.17) is 5.73 Å². The maximum atomic E-state index is 12.0. The number of amides is 1. The molecule has 0 aliphatic heterocycles. The molecule has 1 rings (SSSR count). The van der Waals surface area contributed by atoms with Crippen LogP contribution >= 0.6 is 0 Å². The summed E-state index contributed by atoms with van der Waals surface area (Å²) in [6.45, 7) is 6.66. The number of carbonyl (C=O) groups excluding carboxylic acids is 1. The van der Waals surface area contributed by atoms with Gasteiger partial charge in [-0.2, -0.15) is 0 Å². The second-order valence-corrected chi connectivity index (χ2v) is 8.94. The highest BCUT2D eigenvalue weighted by atomic mass is 32.2. The third-order valence-electron chi connectivity index (χ3n) is 3.98. The molecular formula is C17H28N2O3S. The van der Waals surface area contributed by atoms with Crippen molar-refractivity contribution in [2.24, 2.45) is 5.73 Å². The van der Waals surface area contributed by atoms with Crippen LogP contribution in [0.2, 0.25) is 0 Å². The van der Waals surface area contributed by atoms with Gasteiger partial charge < -0.3 is 11.1 Å². The second-order valence-electron chi connectivity index (χ2n) is 6.68. The Hall–Kier alpha value is -1.40. The number of hydrogen-bond acceptors (Lipinski definition) is 4. The zero-order chi connectivity index (χ0) is 17.7. The first kappa shape index (κ1) is 19.6. The number of hydrogen-bond donors (Lipinski definition) is 2. The van der Waals surface area contributed by atoms with E-state index < -0.39 is 15.9 Å². The number of benzene rings is 1. The summed E-state index contributed by atoms with van der Waals surface area (Å²) in [7, 11) is -3.11. The number of carbonyl (C=O) groups is 1. The highest BCUT2D eigenvalue weighted by Crippen LogP contribution is 2.22. The maximum absolute atomic E-state index is 12.0. The maximum Gasteiger partial charge on any atom is 0.236 e. The minimum absolute atomic E-state index is 0.0799. The van der Waals surface area contributed by atoms with Crippen molar-refractivity contribution < 1.29 is 13.2 Å². The molecule has 23 heavy (non-hydrogen) atoms. The molecule has 1 aromatic rings. The molecule has 0 radical (unpaired) electrons. The lowest BCUT2D eigenvalue weighted by Gasteiger charge is -2.26. The molecule has 0 saturated carbocycles. The molecule has 6 heteroatoms. The van der Waals surface area contributed by atoms with E-state index in [0.29, 0.717) is 6.54 Å². The van der Waals surface area contributed by atoms with Gasteiger partial charge in [0, 0.05) is 18.2 Å². The third kappa shape index (κ3) is 6.71. The minimum Gasteiger partial charge on any atom is -0.354 e. The van der Waals surface area contributed by atoms with Crippen molar-refractivity contribution >= 4 is 15.7 Å². The van der Waals surface area contributed by atoms with Crippen LogP contribution in [-0.2, 0) is 26.5 Å². The van der Waals surface area contributed by atoms with Crippen LogP contribution in [0.3, 0.4) is 0 Å². The normalized spacial score (nSPS) is 13.6. The lowest BCUT2D eigenvalue weighted by molar-refractivity contribution is -0.122. The summed E-state index contributed by atoms with van der Waals surface area (Å²) in [6, 6.07) is 7.54. The Kier molecular flexibility index (Phi) is 6.77. The van der Waals surface area contributed by atoms with Crippen molar-refractivity contribution in [1.29, 1.82) is 0 Å². The van der Waals surface area contributed by atoms with Crippen LogP contribution in [0.25, 0.3) is 0 Å². The zero-order valence-corrected chi connectivity index (χ0v) is 15.2. The van der Waals surface area contributed by atoms with Gasteiger partial charge in [-0.05, 0) is 24.0 Å². The molecule has 1 amide bonds. The average Bonchev–Trinajstić information content (AvgIpc) is 2.49. The van der Waals surface area contributed by atoms with E-state index >= 15 is 0 Å². The van der Waals surface area contributed by atoms with Crippen LogP contribution in [0.4, 0.5) is 0 Å². The fraction of sp³-hybridized carbons (Fsp3) is 0.588. The Morgan fingerprint density at radius 3 is 2.30 bits per heavy atom. The van der Waals surface area contributed by atoms with Gasteiger partial charge in [-0.1, -0.05) is 45.0 Å². The lowest BCUT2D eigenvalue weighted by Crippen LogP contribution is -2.45. The molecule has 130 valence electrons. The van der Waals surface area contributed by atoms with E-state index in [0.717, 1.165) is 18.2 Å². The molecule has 0 aliphatic carbocycles. The Labute approximate surface area is 139 Å². The molecule has 1 unspecified atom stereocenters. The molecule has 0 saturated heterocycles. The Balaban J connectivity index is 2.58. The predicted molar refractivity (Wildman–Crippen MR) is 94.2 cm³/mol. The molecule has 3 N–H and O–H groups in total. The standard InChI is InChI=1S/C17H28N2O3S/c1-5-13-6-8-14(9-7-13)17(2,3)12-19-16(20)15(18)10-11-23(4,21)22/h6-9,15H,5,10-12,18H2,1-4H3,(H,19,20). The van der Waals surface area contributed by atoms with E-state index in [9.17, 15) is 13.2 Å². The van der Waals surface area contributed by atoms with Gasteiger partial charge in [-0.25, -0.2) is 8.42 Å². The van der Waals surface area contributed by atoms with Crippen LogP contribution in [0, 0.1) is 0 Å². The summed E-state index contributed by atoms with van der Waals surface area (Å²) < 4.78 is 22.3. The quantitative estimate of drug-likeness (QED) is 0.749. The fourth-order valence-electron chi connectivity index (χ4n) is 2.21. The second kappa shape index (κ2) is 7.93. The van der Waals surface area contributed by atoms with Crippen LogP contribution in [0.15, 0.2) is 24.3 Å². The highest BCUT2D eigenvalue weighted by molar-refractivity contribution is 7.90. The first-order valence-electron chi connectivity index (χ1n) is 7.85. The molecule has 0 heterocycles. The van der Waals surface area contributed by atoms with Crippen LogP contribution in [0.5, 0.6) is 0 Å². The van der Waals surface area contributed by atoms with E-state index in [2.05, 4.69) is 50.4 Å². The highest BCUT2D eigenvalue weighted by Gasteiger charge is 2.23. The van der Waals surface area contributed by atoms with E-state index in [1.807, 2.05) is 0 Å². The van der Waals surface area contributed by atoms with Crippen molar-refractivity contribution in [3.8, 4) is 0 Å². The van der Waals surface area contributed by atoms with Crippen molar-refractivity contribution in [2.75, 3.05) is 18.6 Å². The van der Waals surface area contributed by atoms with Crippen molar-refractivity contribution in [1.82, 2.24) is 5.32 Å². The topological polar surface area (TPSA) is 89.3 Å². The van der Waals surface area contributed by atoms with Crippen LogP contribution < -0.4 is 11.1 Å². The number of aryl methyl sites for hydroxylation is 1. The molecule has 1 aromatic carbocycles. The first-order valence-corrected chi connectivity index (χ1v) is 9.91. The zero-order valence-electron chi connectivity index (χ0n) is 14.4. The minimum atomic E-state index is -3.11. The Morgan fingerprint density at radius 1 is 1.26 bits per heavy atom. The molecule has 0 fully saturated rings. The van der Waals surface area contributed by atoms with Crippen molar-refractivity contribution in [3.05, 3.63) is 35.4 Å². The molecular weight excluding hydrogens is 312 g/mol. The van der Waals surface area contributed by atoms with Gasteiger partial charge in [0.1, 0.15) is 9.84 Å². The summed E-state index contributed by atoms with van der Waals surface area (Å²) >= 11 is 0. The van der Waals surface area contributed by atoms with Gasteiger partial charge >= 0.3 is 0 Å². The van der Waals surface area contributed by atoms with E-state index in [1.165, 1.54) is 5.56 Å². The summed E-state index contributed by atoms with van der Waals surface area (Å²) in [5, 5.41) is 2.83. The third-order valence-corrected chi connectivity index (χ3v) is 4.96. The lowest BCUT2D eigenvalue weighted by atomic mass is 9.84. The SMILES string of the molecule is CCc1ccc(C(C)(C)CNC(=O)C(N)CCS(C)(=O)=O)cc1. The number of nitrogens with two attached hydrogens (primary N) is 1. The van der Waals surface area contributed by atoms with Gasteiger partial charge in [0.15, 0.2) is 0 Å². The van der Waals surface area contributed by atoms with E-state index in [-0.39, 0.29) is 23.5 Å². The molecule has 0 spiro atoms. The fourth-order valence-corrected chi connectivity index (χ4v) is 2.89. The molecule has 0 aromatic heterocycles. The molecule has 0 bridgehead atoms. The largest absolute Gasteiger partial charge is 0.354 e. The Bertz CT molecular complexity index is 622. The summed E-state index contributed by atoms with van der Waals surface area (Å²) in [6.07, 6.45) is 2.27. The predicted octanol–water partition coefficient (Wildman–Crippen LogP) is 1.40. The van der Waals surface area contributed by atoms with Crippen molar-refractivity contribution in [3.63, 3.8) is 0 Å². The van der Waals surface area contributed by atoms with Gasteiger partial charge in [0.25, 0.3) is 0 Å². The van der Waals surface area contributed by atoms with Gasteiger partial charge in [0.2, 0.25) is 5.91 Å². The first-order chi connectivity index (χ1) is 10.5. The van der Waals surface area contributed by atoms with Crippen LogP contribution in [0.1, 0.15) is 38.3 Å². The summed E-state index contributed by atoms with van der Waals surface area (Å²) in [5.74, 6) is -0.393. The van der Waals surface area contributed by atoms with Crippen molar-refractivity contribution in [2.45, 2.75) is 45.1 Å². The number of sulfone groups is 1. The van der Waals surface area contributed by atoms with E-state index in [1.54, 1.807) is 0 Å². The molecule has 5 nitrogen and oxygen atoms in total. The van der Waals surface area contributed by atoms with Gasteiger partial charge in [-0.15, -0.1) is 0 Å².